The number of aliphatic hydroxyl groups excluding tert-OH is 1. The Hall–Kier alpha value is -3.48. The van der Waals surface area contributed by atoms with Crippen LogP contribution in [0, 0.1) is 0 Å². The topological polar surface area (TPSA) is 87.1 Å². The highest BCUT2D eigenvalue weighted by Gasteiger charge is 2.47. The minimum atomic E-state index is -1.01. The van der Waals surface area contributed by atoms with Crippen molar-refractivity contribution in [3.05, 3.63) is 93.5 Å². The van der Waals surface area contributed by atoms with E-state index in [9.17, 15) is 19.8 Å². The molecule has 0 spiro atoms. The summed E-state index contributed by atoms with van der Waals surface area (Å²) in [5.41, 5.74) is 1.04. The molecule has 0 saturated carbocycles. The summed E-state index contributed by atoms with van der Waals surface area (Å²) in [5.74, 6) is -2.22. The highest BCUT2D eigenvalue weighted by Crippen LogP contribution is 2.45. The first kappa shape index (κ1) is 21.7. The van der Waals surface area contributed by atoms with Crippen molar-refractivity contribution in [1.82, 2.24) is 0 Å². The maximum absolute atomic E-state index is 13.1. The van der Waals surface area contributed by atoms with E-state index in [1.165, 1.54) is 24.1 Å². The molecule has 1 atom stereocenters. The molecule has 0 radical (unpaired) electrons. The number of Topliss-reactive ketones (excluding diaryl/α,β-unsaturated/α-hetero) is 1. The number of methoxy groups -OCH3 is 1. The van der Waals surface area contributed by atoms with E-state index in [-0.39, 0.29) is 27.9 Å². The van der Waals surface area contributed by atoms with Crippen molar-refractivity contribution in [3.63, 3.8) is 0 Å². The SMILES string of the molecule is COc1cc(C2/C(=C(\O)c3ccc(Cl)cc3)C(=O)C(=O)N2c2ccccc2)cc(Cl)c1O. The number of para-hydroxylation sites is 1. The summed E-state index contributed by atoms with van der Waals surface area (Å²) in [7, 11) is 1.36. The van der Waals surface area contributed by atoms with Gasteiger partial charge in [0.15, 0.2) is 11.5 Å². The van der Waals surface area contributed by atoms with Crippen LogP contribution in [-0.2, 0) is 9.59 Å². The summed E-state index contributed by atoms with van der Waals surface area (Å²) >= 11 is 12.1. The highest BCUT2D eigenvalue weighted by molar-refractivity contribution is 6.51. The van der Waals surface area contributed by atoms with Crippen LogP contribution in [0.5, 0.6) is 11.5 Å². The summed E-state index contributed by atoms with van der Waals surface area (Å²) in [6, 6.07) is 16.7. The van der Waals surface area contributed by atoms with Crippen LogP contribution in [0.3, 0.4) is 0 Å². The molecule has 2 N–H and O–H groups in total. The Kier molecular flexibility index (Phi) is 5.82. The van der Waals surface area contributed by atoms with Gasteiger partial charge >= 0.3 is 0 Å². The van der Waals surface area contributed by atoms with Crippen LogP contribution in [0.4, 0.5) is 5.69 Å². The van der Waals surface area contributed by atoms with Gasteiger partial charge in [-0.25, -0.2) is 0 Å². The van der Waals surface area contributed by atoms with Crippen molar-refractivity contribution < 1.29 is 24.5 Å². The molecular weight excluding hydrogens is 453 g/mol. The zero-order chi connectivity index (χ0) is 23.0. The lowest BCUT2D eigenvalue weighted by Crippen LogP contribution is -2.29. The van der Waals surface area contributed by atoms with Crippen molar-refractivity contribution in [2.75, 3.05) is 12.0 Å². The standard InChI is InChI=1S/C24H17Cl2NO5/c1-32-18-12-14(11-17(26)22(18)29)20-19(21(28)13-7-9-15(25)10-8-13)23(30)24(31)27(20)16-5-3-2-4-6-16/h2-12,20,28-29H,1H3/b21-19+. The molecule has 162 valence electrons. The van der Waals surface area contributed by atoms with Crippen molar-refractivity contribution in [2.45, 2.75) is 6.04 Å². The Balaban J connectivity index is 1.99. The van der Waals surface area contributed by atoms with Crippen LogP contribution in [0.2, 0.25) is 10.0 Å². The predicted octanol–water partition coefficient (Wildman–Crippen LogP) is 5.33. The monoisotopic (exact) mass is 469 g/mol. The molecule has 1 amide bonds. The second kappa shape index (κ2) is 8.57. The molecule has 1 heterocycles. The fraction of sp³-hybridized carbons (Fsp3) is 0.0833. The van der Waals surface area contributed by atoms with E-state index in [1.807, 2.05) is 0 Å². The number of carbonyl (C=O) groups is 2. The van der Waals surface area contributed by atoms with Crippen molar-refractivity contribution >= 4 is 46.3 Å². The molecule has 1 aliphatic rings. The van der Waals surface area contributed by atoms with Gasteiger partial charge in [-0.3, -0.25) is 14.5 Å². The lowest BCUT2D eigenvalue weighted by molar-refractivity contribution is -0.132. The van der Waals surface area contributed by atoms with E-state index >= 15 is 0 Å². The fourth-order valence-electron chi connectivity index (χ4n) is 3.67. The number of hydrogen-bond donors (Lipinski definition) is 2. The van der Waals surface area contributed by atoms with Gasteiger partial charge in [0, 0.05) is 16.3 Å². The van der Waals surface area contributed by atoms with Crippen LogP contribution < -0.4 is 9.64 Å². The van der Waals surface area contributed by atoms with Gasteiger partial charge in [-0.1, -0.05) is 41.4 Å². The first-order valence-corrected chi connectivity index (χ1v) is 10.3. The molecule has 4 rings (SSSR count). The van der Waals surface area contributed by atoms with E-state index in [2.05, 4.69) is 0 Å². The fourth-order valence-corrected chi connectivity index (χ4v) is 4.02. The number of halogens is 2. The third kappa shape index (κ3) is 3.68. The van der Waals surface area contributed by atoms with Crippen LogP contribution in [-0.4, -0.2) is 29.0 Å². The van der Waals surface area contributed by atoms with Gasteiger partial charge < -0.3 is 14.9 Å². The average molecular weight is 470 g/mol. The molecule has 3 aromatic rings. The average Bonchev–Trinajstić information content (AvgIpc) is 3.06. The Labute approximate surface area is 193 Å². The number of phenols is 1. The number of hydrogen-bond acceptors (Lipinski definition) is 5. The predicted molar refractivity (Wildman–Crippen MR) is 122 cm³/mol. The number of ether oxygens (including phenoxy) is 1. The smallest absolute Gasteiger partial charge is 0.300 e. The van der Waals surface area contributed by atoms with E-state index in [1.54, 1.807) is 54.6 Å². The van der Waals surface area contributed by atoms with Crippen LogP contribution in [0.1, 0.15) is 17.2 Å². The molecule has 0 aromatic heterocycles. The van der Waals surface area contributed by atoms with Gasteiger partial charge in [0.2, 0.25) is 0 Å². The summed E-state index contributed by atoms with van der Waals surface area (Å²) in [5, 5.41) is 21.7. The molecule has 1 fully saturated rings. The molecule has 1 unspecified atom stereocenters. The Bertz CT molecular complexity index is 1240. The quantitative estimate of drug-likeness (QED) is 0.306. The summed E-state index contributed by atoms with van der Waals surface area (Å²) in [4.78, 5) is 27.5. The lowest BCUT2D eigenvalue weighted by atomic mass is 9.94. The first-order valence-electron chi connectivity index (χ1n) is 9.52. The maximum atomic E-state index is 13.1. The van der Waals surface area contributed by atoms with Crippen molar-refractivity contribution in [2.24, 2.45) is 0 Å². The molecule has 3 aromatic carbocycles. The number of ketones is 1. The van der Waals surface area contributed by atoms with Crippen LogP contribution in [0.15, 0.2) is 72.3 Å². The normalized spacial score (nSPS) is 17.6. The van der Waals surface area contributed by atoms with Crippen molar-refractivity contribution in [1.29, 1.82) is 0 Å². The number of phenolic OH excluding ortho intramolecular Hbond substituents is 1. The number of benzene rings is 3. The van der Waals surface area contributed by atoms with E-state index < -0.39 is 17.7 Å². The molecule has 8 heteroatoms. The number of aromatic hydroxyl groups is 1. The summed E-state index contributed by atoms with van der Waals surface area (Å²) in [6.07, 6.45) is 0. The molecule has 1 saturated heterocycles. The van der Waals surface area contributed by atoms with E-state index in [0.29, 0.717) is 21.8 Å². The number of nitrogens with zero attached hydrogens (tertiary/aromatic N) is 1. The zero-order valence-corrected chi connectivity index (χ0v) is 18.3. The maximum Gasteiger partial charge on any atom is 0.300 e. The molecule has 32 heavy (non-hydrogen) atoms. The Morgan fingerprint density at radius 2 is 1.66 bits per heavy atom. The number of rotatable bonds is 4. The molecule has 0 aliphatic carbocycles. The molecule has 1 aliphatic heterocycles. The van der Waals surface area contributed by atoms with Gasteiger partial charge in [-0.15, -0.1) is 0 Å². The first-order chi connectivity index (χ1) is 15.3. The third-order valence-electron chi connectivity index (χ3n) is 5.18. The number of anilines is 1. The molecule has 0 bridgehead atoms. The second-order valence-corrected chi connectivity index (χ2v) is 7.91. The largest absolute Gasteiger partial charge is 0.507 e. The van der Waals surface area contributed by atoms with Gasteiger partial charge in [-0.05, 0) is 54.1 Å². The number of carbonyl (C=O) groups excluding carboxylic acids is 2. The van der Waals surface area contributed by atoms with Gasteiger partial charge in [-0.2, -0.15) is 0 Å². The van der Waals surface area contributed by atoms with E-state index in [0.717, 1.165) is 0 Å². The molecule has 6 nitrogen and oxygen atoms in total. The lowest BCUT2D eigenvalue weighted by Gasteiger charge is -2.26. The zero-order valence-electron chi connectivity index (χ0n) is 16.8. The second-order valence-electron chi connectivity index (χ2n) is 7.07. The van der Waals surface area contributed by atoms with Gasteiger partial charge in [0.05, 0.1) is 23.7 Å². The van der Waals surface area contributed by atoms with Crippen LogP contribution >= 0.6 is 23.2 Å². The highest BCUT2D eigenvalue weighted by atomic mass is 35.5. The minimum absolute atomic E-state index is 0.0236. The van der Waals surface area contributed by atoms with Crippen LogP contribution in [0.25, 0.3) is 5.76 Å². The number of amides is 1. The van der Waals surface area contributed by atoms with Gasteiger partial charge in [0.1, 0.15) is 5.76 Å². The Morgan fingerprint density at radius 1 is 1.00 bits per heavy atom. The van der Waals surface area contributed by atoms with Crippen molar-refractivity contribution in [3.8, 4) is 11.5 Å². The summed E-state index contributed by atoms with van der Waals surface area (Å²) < 4.78 is 5.20. The Morgan fingerprint density at radius 3 is 2.28 bits per heavy atom. The van der Waals surface area contributed by atoms with E-state index in [4.69, 9.17) is 27.9 Å². The third-order valence-corrected chi connectivity index (χ3v) is 5.72. The number of aliphatic hydroxyl groups is 1. The van der Waals surface area contributed by atoms with Gasteiger partial charge in [0.25, 0.3) is 11.7 Å². The minimum Gasteiger partial charge on any atom is -0.507 e. The summed E-state index contributed by atoms with van der Waals surface area (Å²) in [6.45, 7) is 0. The molecular formula is C24H17Cl2NO5.